The zero-order chi connectivity index (χ0) is 11.9. The molecule has 0 amide bonds. The van der Waals surface area contributed by atoms with Crippen LogP contribution in [0.25, 0.3) is 0 Å². The predicted molar refractivity (Wildman–Crippen MR) is 68.2 cm³/mol. The minimum atomic E-state index is 0.653. The third kappa shape index (κ3) is 4.02. The number of ether oxygens (including phenoxy) is 2. The van der Waals surface area contributed by atoms with Crippen LogP contribution in [0, 0.1) is 5.92 Å². The normalized spacial score (nSPS) is 17.0. The van der Waals surface area contributed by atoms with Crippen LogP contribution in [0.5, 0.6) is 5.75 Å². The molecule has 1 aromatic rings. The van der Waals surface area contributed by atoms with Gasteiger partial charge in [0.2, 0.25) is 0 Å². The first kappa shape index (κ1) is 12.4. The Bertz CT molecular complexity index is 317. The van der Waals surface area contributed by atoms with Crippen molar-refractivity contribution in [2.45, 2.75) is 19.4 Å². The zero-order valence-electron chi connectivity index (χ0n) is 10.4. The van der Waals surface area contributed by atoms with Gasteiger partial charge in [-0.25, -0.2) is 0 Å². The molecule has 1 saturated heterocycles. The van der Waals surface area contributed by atoms with Gasteiger partial charge in [-0.2, -0.15) is 0 Å². The van der Waals surface area contributed by atoms with E-state index in [0.29, 0.717) is 5.92 Å². The van der Waals surface area contributed by atoms with Crippen molar-refractivity contribution in [2.75, 3.05) is 26.9 Å². The van der Waals surface area contributed by atoms with Crippen molar-refractivity contribution >= 4 is 0 Å². The molecule has 1 aromatic carbocycles. The molecule has 1 aliphatic heterocycles. The summed E-state index contributed by atoms with van der Waals surface area (Å²) in [6.07, 6.45) is 2.25. The second-order valence-corrected chi connectivity index (χ2v) is 4.54. The van der Waals surface area contributed by atoms with Crippen molar-refractivity contribution < 1.29 is 9.47 Å². The summed E-state index contributed by atoms with van der Waals surface area (Å²) in [7, 11) is 1.95. The van der Waals surface area contributed by atoms with E-state index in [2.05, 4.69) is 17.4 Å². The molecule has 0 radical (unpaired) electrons. The molecule has 1 fully saturated rings. The van der Waals surface area contributed by atoms with E-state index in [0.717, 1.165) is 45.0 Å². The summed E-state index contributed by atoms with van der Waals surface area (Å²) in [5.41, 5.74) is 1.28. The molecule has 3 heteroatoms. The highest BCUT2D eigenvalue weighted by molar-refractivity contribution is 5.27. The summed E-state index contributed by atoms with van der Waals surface area (Å²) >= 11 is 0. The van der Waals surface area contributed by atoms with E-state index < -0.39 is 0 Å². The lowest BCUT2D eigenvalue weighted by molar-refractivity contribution is 0.0497. The van der Waals surface area contributed by atoms with E-state index >= 15 is 0 Å². The minimum absolute atomic E-state index is 0.653. The van der Waals surface area contributed by atoms with Crippen LogP contribution in [0.2, 0.25) is 0 Å². The van der Waals surface area contributed by atoms with Crippen LogP contribution >= 0.6 is 0 Å². The molecule has 0 saturated carbocycles. The molecule has 0 aromatic heterocycles. The molecule has 1 aliphatic rings. The Hall–Kier alpha value is -1.06. The molecule has 3 nitrogen and oxygen atoms in total. The van der Waals surface area contributed by atoms with Crippen LogP contribution in [-0.4, -0.2) is 26.9 Å². The highest BCUT2D eigenvalue weighted by Crippen LogP contribution is 2.18. The van der Waals surface area contributed by atoms with Crippen LogP contribution < -0.4 is 10.1 Å². The maximum Gasteiger partial charge on any atom is 0.119 e. The second-order valence-electron chi connectivity index (χ2n) is 4.54. The van der Waals surface area contributed by atoms with E-state index in [1.165, 1.54) is 5.56 Å². The summed E-state index contributed by atoms with van der Waals surface area (Å²) < 4.78 is 11.1. The first-order chi connectivity index (χ1) is 8.38. The lowest BCUT2D eigenvalue weighted by Gasteiger charge is -2.22. The van der Waals surface area contributed by atoms with Gasteiger partial charge in [0.15, 0.2) is 0 Å². The molecule has 2 rings (SSSR count). The number of hydrogen-bond acceptors (Lipinski definition) is 3. The van der Waals surface area contributed by atoms with E-state index in [9.17, 15) is 0 Å². The third-order valence-electron chi connectivity index (χ3n) is 3.13. The zero-order valence-corrected chi connectivity index (χ0v) is 10.4. The van der Waals surface area contributed by atoms with Crippen molar-refractivity contribution in [1.29, 1.82) is 0 Å². The van der Waals surface area contributed by atoms with Crippen molar-refractivity contribution in [1.82, 2.24) is 5.32 Å². The molecule has 0 unspecified atom stereocenters. The van der Waals surface area contributed by atoms with Gasteiger partial charge in [-0.1, -0.05) is 12.1 Å². The molecule has 17 heavy (non-hydrogen) atoms. The van der Waals surface area contributed by atoms with Crippen LogP contribution in [-0.2, 0) is 11.3 Å². The molecule has 0 spiro atoms. The van der Waals surface area contributed by atoms with Gasteiger partial charge >= 0.3 is 0 Å². The molecule has 0 aliphatic carbocycles. The van der Waals surface area contributed by atoms with Crippen molar-refractivity contribution in [3.05, 3.63) is 29.8 Å². The van der Waals surface area contributed by atoms with Crippen molar-refractivity contribution in [2.24, 2.45) is 5.92 Å². The predicted octanol–water partition coefficient (Wildman–Crippen LogP) is 2.21. The highest BCUT2D eigenvalue weighted by atomic mass is 16.5. The Balaban J connectivity index is 1.77. The molecule has 1 heterocycles. The quantitative estimate of drug-likeness (QED) is 0.848. The largest absolute Gasteiger partial charge is 0.493 e. The standard InChI is InChI=1S/C14H21NO2/c1-15-10-12-2-4-14(5-3-12)17-11-13-6-8-16-9-7-13/h2-5,13,15H,6-11H2,1H3. The van der Waals surface area contributed by atoms with Gasteiger partial charge in [0.1, 0.15) is 5.75 Å². The number of benzene rings is 1. The fourth-order valence-corrected chi connectivity index (χ4v) is 2.03. The maximum atomic E-state index is 5.80. The molecule has 94 valence electrons. The van der Waals surface area contributed by atoms with Crippen LogP contribution in [0.15, 0.2) is 24.3 Å². The minimum Gasteiger partial charge on any atom is -0.493 e. The average Bonchev–Trinajstić information content (AvgIpc) is 2.40. The Kier molecular flexibility index (Phi) is 4.83. The van der Waals surface area contributed by atoms with Crippen LogP contribution in [0.3, 0.4) is 0 Å². The van der Waals surface area contributed by atoms with Crippen LogP contribution in [0.4, 0.5) is 0 Å². The van der Waals surface area contributed by atoms with Gasteiger partial charge in [0, 0.05) is 19.8 Å². The average molecular weight is 235 g/mol. The van der Waals surface area contributed by atoms with Gasteiger partial charge in [-0.3, -0.25) is 0 Å². The Morgan fingerprint density at radius 3 is 2.59 bits per heavy atom. The van der Waals surface area contributed by atoms with Crippen LogP contribution in [0.1, 0.15) is 18.4 Å². The monoisotopic (exact) mass is 235 g/mol. The Morgan fingerprint density at radius 1 is 1.24 bits per heavy atom. The topological polar surface area (TPSA) is 30.5 Å². The fraction of sp³-hybridized carbons (Fsp3) is 0.571. The maximum absolute atomic E-state index is 5.80. The van der Waals surface area contributed by atoms with Gasteiger partial charge in [0.05, 0.1) is 6.61 Å². The lowest BCUT2D eigenvalue weighted by Crippen LogP contribution is -2.21. The SMILES string of the molecule is CNCc1ccc(OCC2CCOCC2)cc1. The Labute approximate surface area is 103 Å². The third-order valence-corrected chi connectivity index (χ3v) is 3.13. The molecule has 0 atom stereocenters. The summed E-state index contributed by atoms with van der Waals surface area (Å²) in [6, 6.07) is 8.31. The smallest absolute Gasteiger partial charge is 0.119 e. The molecular weight excluding hydrogens is 214 g/mol. The van der Waals surface area contributed by atoms with E-state index in [4.69, 9.17) is 9.47 Å². The highest BCUT2D eigenvalue weighted by Gasteiger charge is 2.14. The fourth-order valence-electron chi connectivity index (χ4n) is 2.03. The lowest BCUT2D eigenvalue weighted by atomic mass is 10.0. The number of hydrogen-bond donors (Lipinski definition) is 1. The molecule has 0 bridgehead atoms. The first-order valence-electron chi connectivity index (χ1n) is 6.32. The summed E-state index contributed by atoms with van der Waals surface area (Å²) in [6.45, 7) is 3.49. The van der Waals surface area contributed by atoms with Gasteiger partial charge in [0.25, 0.3) is 0 Å². The molecule has 1 N–H and O–H groups in total. The summed E-state index contributed by atoms with van der Waals surface area (Å²) in [5, 5.41) is 3.13. The second kappa shape index (κ2) is 6.62. The number of rotatable bonds is 5. The van der Waals surface area contributed by atoms with Gasteiger partial charge in [-0.05, 0) is 43.5 Å². The van der Waals surface area contributed by atoms with Crippen molar-refractivity contribution in [3.8, 4) is 5.75 Å². The van der Waals surface area contributed by atoms with Gasteiger partial charge in [-0.15, -0.1) is 0 Å². The molecular formula is C14H21NO2. The van der Waals surface area contributed by atoms with Crippen molar-refractivity contribution in [3.63, 3.8) is 0 Å². The van der Waals surface area contributed by atoms with E-state index in [1.54, 1.807) is 0 Å². The Morgan fingerprint density at radius 2 is 1.94 bits per heavy atom. The summed E-state index contributed by atoms with van der Waals surface area (Å²) in [4.78, 5) is 0. The van der Waals surface area contributed by atoms with Gasteiger partial charge < -0.3 is 14.8 Å². The van der Waals surface area contributed by atoms with E-state index in [-0.39, 0.29) is 0 Å². The number of nitrogens with one attached hydrogen (secondary N) is 1. The van der Waals surface area contributed by atoms with E-state index in [1.807, 2.05) is 19.2 Å². The first-order valence-corrected chi connectivity index (χ1v) is 6.32. The summed E-state index contributed by atoms with van der Waals surface area (Å²) in [5.74, 6) is 1.62.